The maximum absolute atomic E-state index is 5.97. The summed E-state index contributed by atoms with van der Waals surface area (Å²) < 4.78 is 7.81. The van der Waals surface area contributed by atoms with E-state index in [0.717, 1.165) is 36.0 Å². The molecule has 0 fully saturated rings. The van der Waals surface area contributed by atoms with Crippen molar-refractivity contribution in [3.8, 4) is 11.5 Å². The van der Waals surface area contributed by atoms with Crippen LogP contribution in [-0.2, 0) is 13.6 Å². The number of ether oxygens (including phenoxy) is 1. The first kappa shape index (κ1) is 13.6. The summed E-state index contributed by atoms with van der Waals surface area (Å²) in [6.07, 6.45) is 0. The van der Waals surface area contributed by atoms with E-state index in [1.165, 1.54) is 5.56 Å². The molecular weight excluding hydrogens is 238 g/mol. The first-order chi connectivity index (χ1) is 9.11. The topological polar surface area (TPSA) is 39.1 Å². The lowest BCUT2D eigenvalue weighted by Crippen LogP contribution is -2.11. The van der Waals surface area contributed by atoms with E-state index >= 15 is 0 Å². The number of benzene rings is 1. The molecule has 0 saturated carbocycles. The Morgan fingerprint density at radius 2 is 2.11 bits per heavy atom. The summed E-state index contributed by atoms with van der Waals surface area (Å²) in [5, 5.41) is 7.67. The van der Waals surface area contributed by atoms with Gasteiger partial charge in [-0.3, -0.25) is 4.68 Å². The van der Waals surface area contributed by atoms with Crippen molar-refractivity contribution in [2.75, 3.05) is 6.54 Å². The molecule has 1 N–H and O–H groups in total. The number of hydrogen-bond acceptors (Lipinski definition) is 3. The molecule has 19 heavy (non-hydrogen) atoms. The lowest BCUT2D eigenvalue weighted by atomic mass is 10.2. The second kappa shape index (κ2) is 5.89. The molecular formula is C15H21N3O. The molecule has 0 aliphatic heterocycles. The molecule has 0 radical (unpaired) electrons. The highest BCUT2D eigenvalue weighted by atomic mass is 16.5. The van der Waals surface area contributed by atoms with Crippen molar-refractivity contribution in [2.45, 2.75) is 27.3 Å². The van der Waals surface area contributed by atoms with Gasteiger partial charge in [0.25, 0.3) is 0 Å². The predicted molar refractivity (Wildman–Crippen MR) is 76.6 cm³/mol. The Labute approximate surface area is 114 Å². The molecule has 4 heteroatoms. The number of aryl methyl sites for hydroxylation is 2. The Kier molecular flexibility index (Phi) is 4.22. The van der Waals surface area contributed by atoms with E-state index in [1.807, 2.05) is 37.7 Å². The van der Waals surface area contributed by atoms with Crippen LogP contribution in [0.4, 0.5) is 0 Å². The Morgan fingerprint density at radius 1 is 1.32 bits per heavy atom. The molecule has 0 bridgehead atoms. The van der Waals surface area contributed by atoms with Gasteiger partial charge in [-0.05, 0) is 38.1 Å². The van der Waals surface area contributed by atoms with Crippen molar-refractivity contribution < 1.29 is 4.74 Å². The zero-order valence-corrected chi connectivity index (χ0v) is 12.0. The van der Waals surface area contributed by atoms with Crippen LogP contribution in [0.25, 0.3) is 0 Å². The van der Waals surface area contributed by atoms with Crippen molar-refractivity contribution in [1.29, 1.82) is 0 Å². The van der Waals surface area contributed by atoms with Gasteiger partial charge in [-0.1, -0.05) is 19.1 Å². The van der Waals surface area contributed by atoms with E-state index in [4.69, 9.17) is 4.74 Å². The second-order valence-electron chi connectivity index (χ2n) is 4.65. The average Bonchev–Trinajstić information content (AvgIpc) is 2.64. The van der Waals surface area contributed by atoms with Crippen LogP contribution in [0.2, 0.25) is 0 Å². The Balaban J connectivity index is 2.18. The van der Waals surface area contributed by atoms with Gasteiger partial charge in [-0.25, -0.2) is 0 Å². The van der Waals surface area contributed by atoms with Gasteiger partial charge in [0, 0.05) is 13.6 Å². The molecule has 4 nitrogen and oxygen atoms in total. The standard InChI is InChI=1S/C15H21N3O/c1-5-16-10-13-7-6-8-14(9-13)19-15-11(2)17-18(4)12(15)3/h6-9,16H,5,10H2,1-4H3. The molecule has 0 aliphatic rings. The lowest BCUT2D eigenvalue weighted by molar-refractivity contribution is 0.473. The molecule has 0 saturated heterocycles. The van der Waals surface area contributed by atoms with Crippen LogP contribution in [0.1, 0.15) is 23.9 Å². The zero-order valence-electron chi connectivity index (χ0n) is 12.0. The van der Waals surface area contributed by atoms with Crippen molar-refractivity contribution in [2.24, 2.45) is 7.05 Å². The molecule has 1 aromatic carbocycles. The normalized spacial score (nSPS) is 10.7. The number of aromatic nitrogens is 2. The summed E-state index contributed by atoms with van der Waals surface area (Å²) in [7, 11) is 1.93. The highest BCUT2D eigenvalue weighted by molar-refractivity contribution is 5.38. The first-order valence-electron chi connectivity index (χ1n) is 6.59. The van der Waals surface area contributed by atoms with Crippen LogP contribution < -0.4 is 10.1 Å². The number of nitrogens with one attached hydrogen (secondary N) is 1. The number of hydrogen-bond donors (Lipinski definition) is 1. The Bertz CT molecular complexity index is 561. The maximum Gasteiger partial charge on any atom is 0.171 e. The SMILES string of the molecule is CCNCc1cccc(Oc2c(C)nn(C)c2C)c1. The molecule has 1 aromatic heterocycles. The Hall–Kier alpha value is -1.81. The van der Waals surface area contributed by atoms with Crippen molar-refractivity contribution in [3.05, 3.63) is 41.2 Å². The average molecular weight is 259 g/mol. The van der Waals surface area contributed by atoms with Gasteiger partial charge in [-0.2, -0.15) is 5.10 Å². The van der Waals surface area contributed by atoms with Crippen LogP contribution in [-0.4, -0.2) is 16.3 Å². The molecule has 0 unspecified atom stereocenters. The summed E-state index contributed by atoms with van der Waals surface area (Å²) in [6.45, 7) is 7.90. The van der Waals surface area contributed by atoms with E-state index in [-0.39, 0.29) is 0 Å². The maximum atomic E-state index is 5.97. The lowest BCUT2D eigenvalue weighted by Gasteiger charge is -2.08. The van der Waals surface area contributed by atoms with Crippen molar-refractivity contribution in [3.63, 3.8) is 0 Å². The van der Waals surface area contributed by atoms with Crippen LogP contribution in [0.3, 0.4) is 0 Å². The fourth-order valence-corrected chi connectivity index (χ4v) is 2.01. The van der Waals surface area contributed by atoms with E-state index in [2.05, 4.69) is 29.5 Å². The molecule has 0 aliphatic carbocycles. The molecule has 2 aromatic rings. The summed E-state index contributed by atoms with van der Waals surface area (Å²) in [6, 6.07) is 8.15. The van der Waals surface area contributed by atoms with Crippen LogP contribution >= 0.6 is 0 Å². The monoisotopic (exact) mass is 259 g/mol. The summed E-state index contributed by atoms with van der Waals surface area (Å²) in [4.78, 5) is 0. The van der Waals surface area contributed by atoms with E-state index < -0.39 is 0 Å². The Morgan fingerprint density at radius 3 is 2.74 bits per heavy atom. The minimum absolute atomic E-state index is 0.850. The number of rotatable bonds is 5. The minimum atomic E-state index is 0.850. The molecule has 2 rings (SSSR count). The predicted octanol–water partition coefficient (Wildman–Crippen LogP) is 2.94. The first-order valence-corrected chi connectivity index (χ1v) is 6.59. The smallest absolute Gasteiger partial charge is 0.171 e. The largest absolute Gasteiger partial charge is 0.453 e. The summed E-state index contributed by atoms with van der Waals surface area (Å²) >= 11 is 0. The molecule has 0 amide bonds. The molecule has 0 atom stereocenters. The zero-order chi connectivity index (χ0) is 13.8. The minimum Gasteiger partial charge on any atom is -0.453 e. The summed E-state index contributed by atoms with van der Waals surface area (Å²) in [5.74, 6) is 1.71. The van der Waals surface area contributed by atoms with Crippen molar-refractivity contribution in [1.82, 2.24) is 15.1 Å². The van der Waals surface area contributed by atoms with Gasteiger partial charge in [0.05, 0.1) is 5.69 Å². The van der Waals surface area contributed by atoms with E-state index in [0.29, 0.717) is 0 Å². The molecule has 102 valence electrons. The van der Waals surface area contributed by atoms with Crippen LogP contribution in [0.5, 0.6) is 11.5 Å². The number of nitrogens with zero attached hydrogens (tertiary/aromatic N) is 2. The third-order valence-electron chi connectivity index (χ3n) is 3.14. The quantitative estimate of drug-likeness (QED) is 0.897. The van der Waals surface area contributed by atoms with E-state index in [9.17, 15) is 0 Å². The van der Waals surface area contributed by atoms with Crippen LogP contribution in [0, 0.1) is 13.8 Å². The van der Waals surface area contributed by atoms with Gasteiger partial charge in [-0.15, -0.1) is 0 Å². The van der Waals surface area contributed by atoms with Gasteiger partial charge in [0.1, 0.15) is 11.4 Å². The van der Waals surface area contributed by atoms with Gasteiger partial charge in [0.2, 0.25) is 0 Å². The third-order valence-corrected chi connectivity index (χ3v) is 3.14. The highest BCUT2D eigenvalue weighted by Gasteiger charge is 2.11. The highest BCUT2D eigenvalue weighted by Crippen LogP contribution is 2.28. The fourth-order valence-electron chi connectivity index (χ4n) is 2.01. The van der Waals surface area contributed by atoms with Gasteiger partial charge < -0.3 is 10.1 Å². The van der Waals surface area contributed by atoms with E-state index in [1.54, 1.807) is 0 Å². The van der Waals surface area contributed by atoms with Gasteiger partial charge >= 0.3 is 0 Å². The van der Waals surface area contributed by atoms with Crippen molar-refractivity contribution >= 4 is 0 Å². The fraction of sp³-hybridized carbons (Fsp3) is 0.400. The third kappa shape index (κ3) is 3.15. The van der Waals surface area contributed by atoms with Crippen LogP contribution in [0.15, 0.2) is 24.3 Å². The molecule has 0 spiro atoms. The molecule has 1 heterocycles. The van der Waals surface area contributed by atoms with Gasteiger partial charge in [0.15, 0.2) is 5.75 Å². The summed E-state index contributed by atoms with van der Waals surface area (Å²) in [5.41, 5.74) is 3.17. The second-order valence-corrected chi connectivity index (χ2v) is 4.65.